The molecule has 0 radical (unpaired) electrons. The maximum absolute atomic E-state index is 11.0. The molecule has 1 aliphatic heterocycles. The maximum Gasteiger partial charge on any atom is 0.220 e. The molecule has 0 bridgehead atoms. The second kappa shape index (κ2) is 8.42. The Morgan fingerprint density at radius 2 is 2.11 bits per heavy atom. The number of hydrogen-bond acceptors (Lipinski definition) is 5. The number of nitrogens with zero attached hydrogens (tertiary/aromatic N) is 1. The second-order valence-corrected chi connectivity index (χ2v) is 4.70. The summed E-state index contributed by atoms with van der Waals surface area (Å²) >= 11 is 0. The molecule has 106 valence electrons. The van der Waals surface area contributed by atoms with Crippen LogP contribution >= 0.6 is 0 Å². The number of nitrogens with two attached hydrogens (primary N) is 1. The first-order valence-corrected chi connectivity index (χ1v) is 6.40. The van der Waals surface area contributed by atoms with Gasteiger partial charge < -0.3 is 25.2 Å². The number of hydrogen-bond donors (Lipinski definition) is 2. The van der Waals surface area contributed by atoms with Gasteiger partial charge in [-0.15, -0.1) is 0 Å². The van der Waals surface area contributed by atoms with Crippen LogP contribution in [0.25, 0.3) is 0 Å². The zero-order valence-corrected chi connectivity index (χ0v) is 11.0. The molecule has 6 nitrogen and oxygen atoms in total. The molecule has 0 aromatic heterocycles. The Labute approximate surface area is 108 Å². The van der Waals surface area contributed by atoms with Crippen molar-refractivity contribution in [3.63, 3.8) is 0 Å². The number of amides is 1. The topological polar surface area (TPSA) is 85.0 Å². The highest BCUT2D eigenvalue weighted by atomic mass is 16.5. The summed E-state index contributed by atoms with van der Waals surface area (Å²) in [7, 11) is 1.61. The predicted octanol–water partition coefficient (Wildman–Crippen LogP) is -0.792. The molecule has 3 N–H and O–H groups in total. The summed E-state index contributed by atoms with van der Waals surface area (Å²) in [5.41, 5.74) is 5.27. The van der Waals surface area contributed by atoms with E-state index in [-0.39, 0.29) is 11.8 Å². The fraction of sp³-hybridized carbons (Fsp3) is 0.917. The first-order valence-electron chi connectivity index (χ1n) is 6.40. The number of rotatable bonds is 8. The summed E-state index contributed by atoms with van der Waals surface area (Å²) in [5, 5.41) is 9.78. The van der Waals surface area contributed by atoms with Gasteiger partial charge in [0, 0.05) is 19.6 Å². The van der Waals surface area contributed by atoms with E-state index in [9.17, 15) is 9.90 Å². The molecule has 0 aliphatic carbocycles. The number of aliphatic hydroxyl groups is 1. The molecular weight excluding hydrogens is 236 g/mol. The average molecular weight is 260 g/mol. The molecule has 1 aliphatic rings. The molecule has 6 heteroatoms. The van der Waals surface area contributed by atoms with Crippen molar-refractivity contribution in [2.45, 2.75) is 18.9 Å². The lowest BCUT2D eigenvalue weighted by Gasteiger charge is -2.31. The van der Waals surface area contributed by atoms with Crippen LogP contribution < -0.4 is 5.73 Å². The number of piperidine rings is 1. The van der Waals surface area contributed by atoms with E-state index in [2.05, 4.69) is 4.90 Å². The third-order valence-corrected chi connectivity index (χ3v) is 3.20. The summed E-state index contributed by atoms with van der Waals surface area (Å²) < 4.78 is 10.1. The number of methoxy groups -OCH3 is 1. The van der Waals surface area contributed by atoms with Crippen LogP contribution in [0.4, 0.5) is 0 Å². The molecule has 0 aromatic carbocycles. The van der Waals surface area contributed by atoms with Crippen molar-refractivity contribution in [2.75, 3.05) is 46.6 Å². The van der Waals surface area contributed by atoms with Crippen molar-refractivity contribution in [3.8, 4) is 0 Å². The summed E-state index contributed by atoms with van der Waals surface area (Å²) in [6, 6.07) is 0. The normalized spacial score (nSPS) is 19.9. The van der Waals surface area contributed by atoms with Crippen LogP contribution in [-0.2, 0) is 14.3 Å². The largest absolute Gasteiger partial charge is 0.389 e. The van der Waals surface area contributed by atoms with Gasteiger partial charge in [0.25, 0.3) is 0 Å². The van der Waals surface area contributed by atoms with Gasteiger partial charge in [-0.25, -0.2) is 0 Å². The van der Waals surface area contributed by atoms with Crippen LogP contribution in [0.3, 0.4) is 0 Å². The molecule has 1 atom stereocenters. The zero-order chi connectivity index (χ0) is 13.4. The van der Waals surface area contributed by atoms with Crippen molar-refractivity contribution in [1.29, 1.82) is 0 Å². The fourth-order valence-electron chi connectivity index (χ4n) is 2.11. The van der Waals surface area contributed by atoms with Crippen molar-refractivity contribution in [1.82, 2.24) is 4.90 Å². The molecule has 1 heterocycles. The first kappa shape index (κ1) is 15.4. The molecule has 0 spiro atoms. The van der Waals surface area contributed by atoms with Gasteiger partial charge >= 0.3 is 0 Å². The summed E-state index contributed by atoms with van der Waals surface area (Å²) in [4.78, 5) is 13.2. The Balaban J connectivity index is 2.10. The Morgan fingerprint density at radius 1 is 1.44 bits per heavy atom. The maximum atomic E-state index is 11.0. The first-order chi connectivity index (χ1) is 8.63. The van der Waals surface area contributed by atoms with E-state index < -0.39 is 6.10 Å². The van der Waals surface area contributed by atoms with Gasteiger partial charge in [-0.1, -0.05) is 0 Å². The van der Waals surface area contributed by atoms with Crippen LogP contribution in [-0.4, -0.2) is 68.6 Å². The average Bonchev–Trinajstić information content (AvgIpc) is 2.35. The molecule has 0 saturated carbocycles. The standard InChI is InChI=1S/C12H24N2O4/c1-17-6-7-18-9-11(15)8-14-4-2-10(3-5-14)12(13)16/h10-11,15H,2-9H2,1H3,(H2,13,16). The van der Waals surface area contributed by atoms with E-state index in [1.165, 1.54) is 0 Å². The molecule has 1 rings (SSSR count). The highest BCUT2D eigenvalue weighted by Gasteiger charge is 2.24. The molecule has 0 aromatic rings. The van der Waals surface area contributed by atoms with Crippen LogP contribution in [0.5, 0.6) is 0 Å². The SMILES string of the molecule is COCCOCC(O)CN1CCC(C(N)=O)CC1. The van der Waals surface area contributed by atoms with Gasteiger partial charge in [0.05, 0.1) is 25.9 Å². The van der Waals surface area contributed by atoms with E-state index >= 15 is 0 Å². The smallest absolute Gasteiger partial charge is 0.220 e. The van der Waals surface area contributed by atoms with Gasteiger partial charge in [-0.3, -0.25) is 4.79 Å². The fourth-order valence-corrected chi connectivity index (χ4v) is 2.11. The molecule has 18 heavy (non-hydrogen) atoms. The van der Waals surface area contributed by atoms with Crippen molar-refractivity contribution < 1.29 is 19.4 Å². The van der Waals surface area contributed by atoms with Crippen LogP contribution in [0.15, 0.2) is 0 Å². The zero-order valence-electron chi connectivity index (χ0n) is 11.0. The van der Waals surface area contributed by atoms with Crippen molar-refractivity contribution >= 4 is 5.91 Å². The second-order valence-electron chi connectivity index (χ2n) is 4.70. The number of carbonyl (C=O) groups is 1. The minimum atomic E-state index is -0.494. The lowest BCUT2D eigenvalue weighted by atomic mass is 9.96. The molecule has 1 saturated heterocycles. The minimum absolute atomic E-state index is 0.00338. The quantitative estimate of drug-likeness (QED) is 0.559. The Kier molecular flexibility index (Phi) is 7.19. The molecule has 1 unspecified atom stereocenters. The predicted molar refractivity (Wildman–Crippen MR) is 67.1 cm³/mol. The third-order valence-electron chi connectivity index (χ3n) is 3.20. The van der Waals surface area contributed by atoms with E-state index in [0.29, 0.717) is 26.4 Å². The molecule has 1 fully saturated rings. The number of likely N-dealkylation sites (tertiary alicyclic amines) is 1. The van der Waals surface area contributed by atoms with Gasteiger partial charge in [0.1, 0.15) is 0 Å². The Hall–Kier alpha value is -0.690. The monoisotopic (exact) mass is 260 g/mol. The number of β-amino-alcohol motifs (C(OH)–C–C–N with tert-alkyl or cyclic N) is 1. The van der Waals surface area contributed by atoms with Gasteiger partial charge in [0.15, 0.2) is 0 Å². The van der Waals surface area contributed by atoms with E-state index in [0.717, 1.165) is 25.9 Å². The number of aliphatic hydroxyl groups excluding tert-OH is 1. The third kappa shape index (κ3) is 5.77. The van der Waals surface area contributed by atoms with Crippen molar-refractivity contribution in [2.24, 2.45) is 11.7 Å². The highest BCUT2D eigenvalue weighted by molar-refractivity contribution is 5.76. The van der Waals surface area contributed by atoms with Gasteiger partial charge in [-0.05, 0) is 25.9 Å². The highest BCUT2D eigenvalue weighted by Crippen LogP contribution is 2.16. The number of ether oxygens (including phenoxy) is 2. The Morgan fingerprint density at radius 3 is 2.67 bits per heavy atom. The number of primary amides is 1. The van der Waals surface area contributed by atoms with Crippen molar-refractivity contribution in [3.05, 3.63) is 0 Å². The van der Waals surface area contributed by atoms with Crippen LogP contribution in [0.1, 0.15) is 12.8 Å². The minimum Gasteiger partial charge on any atom is -0.389 e. The molecule has 1 amide bonds. The molecular formula is C12H24N2O4. The lowest BCUT2D eigenvalue weighted by molar-refractivity contribution is -0.123. The Bertz CT molecular complexity index is 242. The van der Waals surface area contributed by atoms with E-state index in [1.54, 1.807) is 7.11 Å². The van der Waals surface area contributed by atoms with E-state index in [4.69, 9.17) is 15.2 Å². The summed E-state index contributed by atoms with van der Waals surface area (Å²) in [6.45, 7) is 3.55. The summed E-state index contributed by atoms with van der Waals surface area (Å²) in [6.07, 6.45) is 1.08. The van der Waals surface area contributed by atoms with Crippen LogP contribution in [0.2, 0.25) is 0 Å². The lowest BCUT2D eigenvalue weighted by Crippen LogP contribution is -2.42. The van der Waals surface area contributed by atoms with Gasteiger partial charge in [-0.2, -0.15) is 0 Å². The number of carbonyl (C=O) groups excluding carboxylic acids is 1. The summed E-state index contributed by atoms with van der Waals surface area (Å²) in [5.74, 6) is -0.213. The van der Waals surface area contributed by atoms with Crippen LogP contribution in [0, 0.1) is 5.92 Å². The van der Waals surface area contributed by atoms with Gasteiger partial charge in [0.2, 0.25) is 5.91 Å². The van der Waals surface area contributed by atoms with E-state index in [1.807, 2.05) is 0 Å².